The highest BCUT2D eigenvalue weighted by molar-refractivity contribution is 5.94. The van der Waals surface area contributed by atoms with Gasteiger partial charge in [-0.15, -0.1) is 0 Å². The Balaban J connectivity index is 1.68. The highest BCUT2D eigenvalue weighted by Crippen LogP contribution is 2.30. The first-order valence-corrected chi connectivity index (χ1v) is 9.10. The summed E-state index contributed by atoms with van der Waals surface area (Å²) >= 11 is 0. The maximum Gasteiger partial charge on any atom is 0.251 e. The van der Waals surface area contributed by atoms with Gasteiger partial charge in [0.05, 0.1) is 13.2 Å². The number of methoxy groups -OCH3 is 1. The van der Waals surface area contributed by atoms with Crippen LogP contribution in [0.1, 0.15) is 47.2 Å². The van der Waals surface area contributed by atoms with Gasteiger partial charge in [-0.25, -0.2) is 0 Å². The van der Waals surface area contributed by atoms with Crippen LogP contribution in [0.4, 0.5) is 0 Å². The Labute approximate surface area is 154 Å². The number of hydrogen-bond acceptors (Lipinski definition) is 4. The Kier molecular flexibility index (Phi) is 6.12. The number of amides is 1. The number of benzene rings is 2. The van der Waals surface area contributed by atoms with E-state index in [-0.39, 0.29) is 12.0 Å². The minimum atomic E-state index is -0.115. The molecule has 1 saturated carbocycles. The molecule has 0 unspecified atom stereocenters. The fourth-order valence-corrected chi connectivity index (χ4v) is 3.17. The van der Waals surface area contributed by atoms with E-state index in [1.165, 1.54) is 12.8 Å². The molecule has 0 spiro atoms. The third-order valence-electron chi connectivity index (χ3n) is 4.76. The van der Waals surface area contributed by atoms with E-state index in [0.29, 0.717) is 18.7 Å². The van der Waals surface area contributed by atoms with Crippen molar-refractivity contribution in [2.45, 2.75) is 44.9 Å². The van der Waals surface area contributed by atoms with E-state index >= 15 is 0 Å². The first-order valence-electron chi connectivity index (χ1n) is 9.10. The SMILES string of the molecule is COc1ccc(CNC(=O)c2ccc(CN)cc2)c(OC2CCCC2)c1. The van der Waals surface area contributed by atoms with Gasteiger partial charge in [-0.1, -0.05) is 12.1 Å². The average molecular weight is 354 g/mol. The molecule has 1 aliphatic carbocycles. The second-order valence-corrected chi connectivity index (χ2v) is 6.58. The molecule has 0 heterocycles. The molecule has 0 atom stereocenters. The van der Waals surface area contributed by atoms with Crippen molar-refractivity contribution in [2.24, 2.45) is 5.73 Å². The van der Waals surface area contributed by atoms with Crippen LogP contribution in [0.25, 0.3) is 0 Å². The van der Waals surface area contributed by atoms with Crippen LogP contribution in [0.15, 0.2) is 42.5 Å². The third kappa shape index (κ3) is 4.55. The van der Waals surface area contributed by atoms with Crippen LogP contribution < -0.4 is 20.5 Å². The summed E-state index contributed by atoms with van der Waals surface area (Å²) in [5.41, 5.74) is 8.17. The van der Waals surface area contributed by atoms with Gasteiger partial charge in [0.2, 0.25) is 0 Å². The smallest absolute Gasteiger partial charge is 0.251 e. The lowest BCUT2D eigenvalue weighted by molar-refractivity contribution is 0.0950. The summed E-state index contributed by atoms with van der Waals surface area (Å²) in [7, 11) is 1.64. The van der Waals surface area contributed by atoms with Gasteiger partial charge in [0, 0.05) is 30.3 Å². The van der Waals surface area contributed by atoms with Crippen molar-refractivity contribution >= 4 is 5.91 Å². The number of rotatable bonds is 7. The van der Waals surface area contributed by atoms with Crippen LogP contribution in [0.3, 0.4) is 0 Å². The van der Waals surface area contributed by atoms with Crippen LogP contribution in [-0.4, -0.2) is 19.1 Å². The molecule has 5 nitrogen and oxygen atoms in total. The first kappa shape index (κ1) is 18.3. The summed E-state index contributed by atoms with van der Waals surface area (Å²) in [5, 5.41) is 2.96. The molecule has 0 aliphatic heterocycles. The van der Waals surface area contributed by atoms with Crippen molar-refractivity contribution in [3.8, 4) is 11.5 Å². The number of nitrogens with one attached hydrogen (secondary N) is 1. The molecule has 1 aliphatic rings. The molecule has 5 heteroatoms. The van der Waals surface area contributed by atoms with Crippen molar-refractivity contribution in [3.05, 3.63) is 59.2 Å². The molecule has 1 fully saturated rings. The highest BCUT2D eigenvalue weighted by Gasteiger charge is 2.18. The molecule has 138 valence electrons. The summed E-state index contributed by atoms with van der Waals surface area (Å²) in [6.07, 6.45) is 4.83. The van der Waals surface area contributed by atoms with Crippen LogP contribution in [0, 0.1) is 0 Å². The lowest BCUT2D eigenvalue weighted by atomic mass is 10.1. The number of hydrogen-bond donors (Lipinski definition) is 2. The van der Waals surface area contributed by atoms with Gasteiger partial charge in [-0.3, -0.25) is 4.79 Å². The van der Waals surface area contributed by atoms with Crippen molar-refractivity contribution in [2.75, 3.05) is 7.11 Å². The number of nitrogens with two attached hydrogens (primary N) is 1. The Hall–Kier alpha value is -2.53. The van der Waals surface area contributed by atoms with Gasteiger partial charge in [0.15, 0.2) is 0 Å². The van der Waals surface area contributed by atoms with Gasteiger partial charge in [0.1, 0.15) is 11.5 Å². The van der Waals surface area contributed by atoms with Crippen LogP contribution in [0.5, 0.6) is 11.5 Å². The molecule has 0 aromatic heterocycles. The predicted molar refractivity (Wildman–Crippen MR) is 101 cm³/mol. The van der Waals surface area contributed by atoms with Crippen molar-refractivity contribution in [3.63, 3.8) is 0 Å². The zero-order chi connectivity index (χ0) is 18.4. The van der Waals surface area contributed by atoms with E-state index in [2.05, 4.69) is 5.32 Å². The molecule has 2 aromatic carbocycles. The van der Waals surface area contributed by atoms with Gasteiger partial charge in [-0.05, 0) is 55.5 Å². The zero-order valence-corrected chi connectivity index (χ0v) is 15.2. The molecule has 0 radical (unpaired) electrons. The minimum absolute atomic E-state index is 0.115. The maximum atomic E-state index is 12.4. The number of ether oxygens (including phenoxy) is 2. The summed E-state index contributed by atoms with van der Waals surface area (Å²) in [5.74, 6) is 1.43. The van der Waals surface area contributed by atoms with E-state index < -0.39 is 0 Å². The quantitative estimate of drug-likeness (QED) is 0.799. The van der Waals surface area contributed by atoms with Crippen LogP contribution in [0.2, 0.25) is 0 Å². The standard InChI is InChI=1S/C21H26N2O3/c1-25-19-11-10-17(20(12-19)26-18-4-2-3-5-18)14-23-21(24)16-8-6-15(13-22)7-9-16/h6-12,18H,2-5,13-14,22H2,1H3,(H,23,24). The minimum Gasteiger partial charge on any atom is -0.497 e. The van der Waals surface area contributed by atoms with Crippen LogP contribution >= 0.6 is 0 Å². The van der Waals surface area contributed by atoms with Crippen molar-refractivity contribution < 1.29 is 14.3 Å². The monoisotopic (exact) mass is 354 g/mol. The summed E-state index contributed by atoms with van der Waals surface area (Å²) in [4.78, 5) is 12.4. The number of carbonyl (C=O) groups excluding carboxylic acids is 1. The molecular weight excluding hydrogens is 328 g/mol. The van der Waals surface area contributed by atoms with Crippen LogP contribution in [-0.2, 0) is 13.1 Å². The second-order valence-electron chi connectivity index (χ2n) is 6.58. The van der Waals surface area contributed by atoms with Gasteiger partial charge in [0.25, 0.3) is 5.91 Å². The second kappa shape index (κ2) is 8.72. The molecule has 0 saturated heterocycles. The van der Waals surface area contributed by atoms with E-state index in [4.69, 9.17) is 15.2 Å². The Morgan fingerprint density at radius 3 is 2.54 bits per heavy atom. The Morgan fingerprint density at radius 2 is 1.88 bits per heavy atom. The molecule has 0 bridgehead atoms. The van der Waals surface area contributed by atoms with E-state index in [0.717, 1.165) is 35.5 Å². The molecule has 26 heavy (non-hydrogen) atoms. The van der Waals surface area contributed by atoms with Gasteiger partial charge < -0.3 is 20.5 Å². The Bertz CT molecular complexity index is 737. The topological polar surface area (TPSA) is 73.6 Å². The summed E-state index contributed by atoms with van der Waals surface area (Å²) < 4.78 is 11.5. The molecule has 1 amide bonds. The largest absolute Gasteiger partial charge is 0.497 e. The normalized spacial score (nSPS) is 14.2. The summed E-state index contributed by atoms with van der Waals surface area (Å²) in [6, 6.07) is 13.1. The van der Waals surface area contributed by atoms with Gasteiger partial charge in [-0.2, -0.15) is 0 Å². The molecular formula is C21H26N2O3. The van der Waals surface area contributed by atoms with E-state index in [1.807, 2.05) is 30.3 Å². The average Bonchev–Trinajstić information content (AvgIpc) is 3.19. The molecule has 3 rings (SSSR count). The van der Waals surface area contributed by atoms with Crippen molar-refractivity contribution in [1.29, 1.82) is 0 Å². The third-order valence-corrected chi connectivity index (χ3v) is 4.76. The van der Waals surface area contributed by atoms with Gasteiger partial charge >= 0.3 is 0 Å². The molecule has 3 N–H and O–H groups in total. The zero-order valence-electron chi connectivity index (χ0n) is 15.2. The summed E-state index contributed by atoms with van der Waals surface area (Å²) in [6.45, 7) is 0.874. The van der Waals surface area contributed by atoms with E-state index in [1.54, 1.807) is 19.2 Å². The Morgan fingerprint density at radius 1 is 1.15 bits per heavy atom. The predicted octanol–water partition coefficient (Wildman–Crippen LogP) is 3.41. The number of carbonyl (C=O) groups is 1. The maximum absolute atomic E-state index is 12.4. The fraction of sp³-hybridized carbons (Fsp3) is 0.381. The van der Waals surface area contributed by atoms with E-state index in [9.17, 15) is 4.79 Å². The lowest BCUT2D eigenvalue weighted by Crippen LogP contribution is -2.23. The molecule has 2 aromatic rings. The van der Waals surface area contributed by atoms with Crippen molar-refractivity contribution in [1.82, 2.24) is 5.32 Å². The first-order chi connectivity index (χ1) is 12.7. The highest BCUT2D eigenvalue weighted by atomic mass is 16.5. The lowest BCUT2D eigenvalue weighted by Gasteiger charge is -2.18. The fourth-order valence-electron chi connectivity index (χ4n) is 3.17.